The second kappa shape index (κ2) is 4.41. The van der Waals surface area contributed by atoms with Crippen molar-refractivity contribution >= 4 is 48.6 Å². The molecule has 1 rings (SSSR count). The summed E-state index contributed by atoms with van der Waals surface area (Å²) in [6, 6.07) is 4.48. The van der Waals surface area contributed by atoms with Gasteiger partial charge in [0.05, 0.1) is 5.69 Å². The lowest BCUT2D eigenvalue weighted by Gasteiger charge is -2.02. The summed E-state index contributed by atoms with van der Waals surface area (Å²) >= 11 is 3.11. The molecular formula is C6H8Br2N2O2S. The number of sulfonamides is 1. The van der Waals surface area contributed by atoms with Crippen molar-refractivity contribution in [3.63, 3.8) is 0 Å². The molecule has 1 aromatic rings. The van der Waals surface area contributed by atoms with Gasteiger partial charge in [0.25, 0.3) is 0 Å². The summed E-state index contributed by atoms with van der Waals surface area (Å²) in [6.45, 7) is 0. The van der Waals surface area contributed by atoms with E-state index in [2.05, 4.69) is 15.9 Å². The highest BCUT2D eigenvalue weighted by molar-refractivity contribution is 9.10. The van der Waals surface area contributed by atoms with Gasteiger partial charge >= 0.3 is 0 Å². The Kier molecular flexibility index (Phi) is 4.37. The minimum Gasteiger partial charge on any atom is -0.398 e. The average molecular weight is 332 g/mol. The summed E-state index contributed by atoms with van der Waals surface area (Å²) in [4.78, 5) is -0.0584. The Morgan fingerprint density at radius 2 is 1.85 bits per heavy atom. The lowest BCUT2D eigenvalue weighted by atomic mass is 10.3. The van der Waals surface area contributed by atoms with Crippen LogP contribution < -0.4 is 10.9 Å². The van der Waals surface area contributed by atoms with Gasteiger partial charge in [-0.15, -0.1) is 17.0 Å². The largest absolute Gasteiger partial charge is 0.398 e. The fourth-order valence-electron chi connectivity index (χ4n) is 0.755. The second-order valence-corrected chi connectivity index (χ2v) is 4.67. The Morgan fingerprint density at radius 1 is 1.31 bits per heavy atom. The maximum atomic E-state index is 10.9. The van der Waals surface area contributed by atoms with Crippen LogP contribution in [0, 0.1) is 0 Å². The van der Waals surface area contributed by atoms with E-state index in [1.165, 1.54) is 12.1 Å². The molecule has 0 saturated carbocycles. The first kappa shape index (κ1) is 12.9. The molecule has 74 valence electrons. The molecule has 0 radical (unpaired) electrons. The van der Waals surface area contributed by atoms with Gasteiger partial charge in [0.1, 0.15) is 4.90 Å². The van der Waals surface area contributed by atoms with Crippen LogP contribution in [0.15, 0.2) is 27.6 Å². The molecule has 0 amide bonds. The minimum atomic E-state index is -3.71. The Balaban J connectivity index is 0.00000144. The first-order chi connectivity index (χ1) is 5.41. The summed E-state index contributed by atoms with van der Waals surface area (Å²) < 4.78 is 22.4. The van der Waals surface area contributed by atoms with E-state index in [1.54, 1.807) is 6.07 Å². The van der Waals surface area contributed by atoms with E-state index in [4.69, 9.17) is 10.9 Å². The van der Waals surface area contributed by atoms with Crippen LogP contribution in [0.4, 0.5) is 5.69 Å². The number of nitrogen functional groups attached to an aromatic ring is 1. The third-order valence-electron chi connectivity index (χ3n) is 1.28. The lowest BCUT2D eigenvalue weighted by molar-refractivity contribution is 0.598. The van der Waals surface area contributed by atoms with Gasteiger partial charge < -0.3 is 5.73 Å². The molecule has 4 nitrogen and oxygen atoms in total. The van der Waals surface area contributed by atoms with Crippen LogP contribution in [0.2, 0.25) is 0 Å². The van der Waals surface area contributed by atoms with Gasteiger partial charge in [-0.3, -0.25) is 0 Å². The van der Waals surface area contributed by atoms with Crippen molar-refractivity contribution in [2.24, 2.45) is 5.14 Å². The van der Waals surface area contributed by atoms with E-state index >= 15 is 0 Å². The lowest BCUT2D eigenvalue weighted by Crippen LogP contribution is -2.14. The zero-order valence-electron chi connectivity index (χ0n) is 6.40. The van der Waals surface area contributed by atoms with Gasteiger partial charge in [0.15, 0.2) is 0 Å². The van der Waals surface area contributed by atoms with Gasteiger partial charge in [-0.1, -0.05) is 15.9 Å². The van der Waals surface area contributed by atoms with Crippen LogP contribution in [0.25, 0.3) is 0 Å². The van der Waals surface area contributed by atoms with E-state index in [0.717, 1.165) is 0 Å². The second-order valence-electron chi connectivity index (χ2n) is 2.23. The van der Waals surface area contributed by atoms with Crippen molar-refractivity contribution in [1.29, 1.82) is 0 Å². The SMILES string of the molecule is Br.Nc1ccc(Br)cc1S(N)(=O)=O. The normalized spacial score (nSPS) is 10.6. The highest BCUT2D eigenvalue weighted by Gasteiger charge is 2.11. The van der Waals surface area contributed by atoms with E-state index in [1.807, 2.05) is 0 Å². The Morgan fingerprint density at radius 3 is 2.23 bits per heavy atom. The summed E-state index contributed by atoms with van der Waals surface area (Å²) in [6.07, 6.45) is 0. The topological polar surface area (TPSA) is 86.2 Å². The molecule has 0 bridgehead atoms. The number of anilines is 1. The van der Waals surface area contributed by atoms with Crippen molar-refractivity contribution in [1.82, 2.24) is 0 Å². The van der Waals surface area contributed by atoms with Gasteiger partial charge in [0.2, 0.25) is 10.0 Å². The van der Waals surface area contributed by atoms with Crippen molar-refractivity contribution in [3.8, 4) is 0 Å². The highest BCUT2D eigenvalue weighted by atomic mass is 79.9. The number of benzene rings is 1. The molecule has 7 heteroatoms. The molecule has 4 N–H and O–H groups in total. The molecule has 0 aliphatic carbocycles. The van der Waals surface area contributed by atoms with Gasteiger partial charge in [0, 0.05) is 4.47 Å². The monoisotopic (exact) mass is 330 g/mol. The Labute approximate surface area is 95.3 Å². The van der Waals surface area contributed by atoms with Crippen molar-refractivity contribution < 1.29 is 8.42 Å². The van der Waals surface area contributed by atoms with E-state index in [9.17, 15) is 8.42 Å². The smallest absolute Gasteiger partial charge is 0.240 e. The summed E-state index contributed by atoms with van der Waals surface area (Å²) in [7, 11) is -3.71. The summed E-state index contributed by atoms with van der Waals surface area (Å²) in [5.41, 5.74) is 5.55. The molecule has 13 heavy (non-hydrogen) atoms. The maximum absolute atomic E-state index is 10.9. The van der Waals surface area contributed by atoms with Crippen LogP contribution in [-0.4, -0.2) is 8.42 Å². The molecule has 0 heterocycles. The van der Waals surface area contributed by atoms with Crippen molar-refractivity contribution in [3.05, 3.63) is 22.7 Å². The quantitative estimate of drug-likeness (QED) is 0.759. The molecule has 0 fully saturated rings. The predicted molar refractivity (Wildman–Crippen MR) is 60.2 cm³/mol. The molecule has 0 aliphatic heterocycles. The zero-order chi connectivity index (χ0) is 9.35. The predicted octanol–water partition coefficient (Wildman–Crippen LogP) is 1.26. The summed E-state index contributed by atoms with van der Waals surface area (Å²) in [5.74, 6) is 0. The molecule has 0 aliphatic rings. The summed E-state index contributed by atoms with van der Waals surface area (Å²) in [5, 5.41) is 4.90. The number of rotatable bonds is 1. The minimum absolute atomic E-state index is 0. The molecule has 0 saturated heterocycles. The third kappa shape index (κ3) is 3.26. The molecule has 0 spiro atoms. The number of hydrogen-bond donors (Lipinski definition) is 2. The van der Waals surface area contributed by atoms with E-state index in [0.29, 0.717) is 4.47 Å². The number of hydrogen-bond acceptors (Lipinski definition) is 3. The van der Waals surface area contributed by atoms with Crippen LogP contribution in [0.1, 0.15) is 0 Å². The fourth-order valence-corrected chi connectivity index (χ4v) is 1.96. The fraction of sp³-hybridized carbons (Fsp3) is 0. The molecule has 0 unspecified atom stereocenters. The van der Waals surface area contributed by atoms with Crippen LogP contribution in [-0.2, 0) is 10.0 Å². The zero-order valence-corrected chi connectivity index (χ0v) is 10.5. The van der Waals surface area contributed by atoms with Gasteiger partial charge in [-0.05, 0) is 18.2 Å². The van der Waals surface area contributed by atoms with Crippen LogP contribution >= 0.6 is 32.9 Å². The number of nitrogens with two attached hydrogens (primary N) is 2. The molecule has 1 aromatic carbocycles. The first-order valence-corrected chi connectivity index (χ1v) is 5.33. The molecule has 0 atom stereocenters. The van der Waals surface area contributed by atoms with Crippen molar-refractivity contribution in [2.75, 3.05) is 5.73 Å². The first-order valence-electron chi connectivity index (χ1n) is 2.99. The standard InChI is InChI=1S/C6H7BrN2O2S.BrH/c7-4-1-2-5(8)6(3-4)12(9,10)11;/h1-3H,8H2,(H2,9,10,11);1H. The number of halogens is 2. The maximum Gasteiger partial charge on any atom is 0.240 e. The van der Waals surface area contributed by atoms with E-state index in [-0.39, 0.29) is 27.6 Å². The van der Waals surface area contributed by atoms with Gasteiger partial charge in [-0.25, -0.2) is 13.6 Å². The Hall–Kier alpha value is -0.110. The molecular weight excluding hydrogens is 324 g/mol. The van der Waals surface area contributed by atoms with Crippen LogP contribution in [0.3, 0.4) is 0 Å². The van der Waals surface area contributed by atoms with Crippen LogP contribution in [0.5, 0.6) is 0 Å². The average Bonchev–Trinajstić information content (AvgIpc) is 1.92. The Bertz CT molecular complexity index is 405. The highest BCUT2D eigenvalue weighted by Crippen LogP contribution is 2.21. The number of primary sulfonamides is 1. The van der Waals surface area contributed by atoms with Gasteiger partial charge in [-0.2, -0.15) is 0 Å². The van der Waals surface area contributed by atoms with E-state index < -0.39 is 10.0 Å². The third-order valence-corrected chi connectivity index (χ3v) is 2.74. The van der Waals surface area contributed by atoms with Crippen molar-refractivity contribution in [2.45, 2.75) is 4.90 Å². The molecule has 0 aromatic heterocycles.